The summed E-state index contributed by atoms with van der Waals surface area (Å²) in [6.07, 6.45) is 0. The molecule has 1 atom stereocenters. The van der Waals surface area contributed by atoms with Crippen LogP contribution in [0.3, 0.4) is 0 Å². The van der Waals surface area contributed by atoms with Crippen LogP contribution in [-0.4, -0.2) is 23.6 Å². The highest BCUT2D eigenvalue weighted by atomic mass is 32.1. The number of aromatic nitrogens is 1. The van der Waals surface area contributed by atoms with Crippen molar-refractivity contribution >= 4 is 22.4 Å². The Labute approximate surface area is 119 Å². The molecule has 0 aliphatic carbocycles. The molecule has 0 aliphatic rings. The van der Waals surface area contributed by atoms with E-state index in [0.717, 1.165) is 10.8 Å². The molecule has 108 valence electrons. The van der Waals surface area contributed by atoms with Crippen molar-refractivity contribution in [1.29, 1.82) is 0 Å². The largest absolute Gasteiger partial charge is 0.465 e. The van der Waals surface area contributed by atoms with E-state index >= 15 is 0 Å². The van der Waals surface area contributed by atoms with Crippen LogP contribution in [0, 0.1) is 5.92 Å². The molecule has 0 aromatic carbocycles. The van der Waals surface area contributed by atoms with Gasteiger partial charge in [-0.3, -0.25) is 4.79 Å². The maximum atomic E-state index is 11.9. The average Bonchev–Trinajstić information content (AvgIpc) is 2.78. The van der Waals surface area contributed by atoms with Gasteiger partial charge >= 0.3 is 5.97 Å². The predicted octanol–water partition coefficient (Wildman–Crippen LogP) is 3.44. The summed E-state index contributed by atoms with van der Waals surface area (Å²) in [4.78, 5) is 16.4. The van der Waals surface area contributed by atoms with Crippen molar-refractivity contribution in [3.63, 3.8) is 0 Å². The molecule has 0 spiro atoms. The van der Waals surface area contributed by atoms with Crippen molar-refractivity contribution in [2.45, 2.75) is 53.0 Å². The van der Waals surface area contributed by atoms with Crippen molar-refractivity contribution in [2.75, 3.05) is 11.9 Å². The van der Waals surface area contributed by atoms with E-state index in [-0.39, 0.29) is 5.97 Å². The third-order valence-electron chi connectivity index (χ3n) is 3.28. The Morgan fingerprint density at radius 1 is 1.47 bits per heavy atom. The van der Waals surface area contributed by atoms with E-state index in [1.54, 1.807) is 0 Å². The number of ether oxygens (including phenoxy) is 1. The third-order valence-corrected chi connectivity index (χ3v) is 4.05. The molecule has 1 heterocycles. The molecule has 19 heavy (non-hydrogen) atoms. The number of hydrogen-bond donors (Lipinski definition) is 1. The quantitative estimate of drug-likeness (QED) is 0.813. The average molecular weight is 284 g/mol. The van der Waals surface area contributed by atoms with E-state index in [1.165, 1.54) is 11.3 Å². The fourth-order valence-electron chi connectivity index (χ4n) is 1.40. The fourth-order valence-corrected chi connectivity index (χ4v) is 2.38. The van der Waals surface area contributed by atoms with Gasteiger partial charge < -0.3 is 10.1 Å². The lowest BCUT2D eigenvalue weighted by Crippen LogP contribution is -2.31. The summed E-state index contributed by atoms with van der Waals surface area (Å²) in [7, 11) is 0. The molecular formula is C14H24N2O2S. The van der Waals surface area contributed by atoms with E-state index in [1.807, 2.05) is 26.2 Å². The number of rotatable bonds is 6. The van der Waals surface area contributed by atoms with E-state index < -0.39 is 5.41 Å². The van der Waals surface area contributed by atoms with Crippen LogP contribution in [0.25, 0.3) is 0 Å². The normalized spacial score (nSPS) is 13.4. The minimum atomic E-state index is -0.701. The van der Waals surface area contributed by atoms with Gasteiger partial charge in [0.15, 0.2) is 5.13 Å². The van der Waals surface area contributed by atoms with Crippen LogP contribution in [0.1, 0.15) is 47.2 Å². The zero-order valence-corrected chi connectivity index (χ0v) is 13.4. The Morgan fingerprint density at radius 2 is 2.11 bits per heavy atom. The predicted molar refractivity (Wildman–Crippen MR) is 79.7 cm³/mol. The second kappa shape index (κ2) is 6.37. The first kappa shape index (κ1) is 16.0. The maximum absolute atomic E-state index is 11.9. The first-order chi connectivity index (χ1) is 8.78. The van der Waals surface area contributed by atoms with E-state index in [0.29, 0.717) is 18.6 Å². The van der Waals surface area contributed by atoms with Gasteiger partial charge in [-0.25, -0.2) is 4.98 Å². The molecule has 0 saturated heterocycles. The van der Waals surface area contributed by atoms with Gasteiger partial charge in [0.25, 0.3) is 0 Å². The summed E-state index contributed by atoms with van der Waals surface area (Å²) in [5.41, 5.74) is 0.0578. The highest BCUT2D eigenvalue weighted by Gasteiger charge is 2.34. The smallest absolute Gasteiger partial charge is 0.317 e. The fraction of sp³-hybridized carbons (Fsp3) is 0.714. The molecule has 1 aromatic heterocycles. The number of hydrogen-bond acceptors (Lipinski definition) is 5. The molecule has 5 heteroatoms. The lowest BCUT2D eigenvalue weighted by atomic mass is 9.90. The van der Waals surface area contributed by atoms with Crippen molar-refractivity contribution < 1.29 is 9.53 Å². The molecule has 0 amide bonds. The molecule has 1 unspecified atom stereocenters. The van der Waals surface area contributed by atoms with Crippen molar-refractivity contribution in [3.8, 4) is 0 Å². The van der Waals surface area contributed by atoms with Crippen LogP contribution < -0.4 is 5.32 Å². The van der Waals surface area contributed by atoms with Crippen LogP contribution in [0.5, 0.6) is 0 Å². The van der Waals surface area contributed by atoms with Gasteiger partial charge in [0, 0.05) is 11.4 Å². The molecule has 4 nitrogen and oxygen atoms in total. The van der Waals surface area contributed by atoms with E-state index in [9.17, 15) is 4.79 Å². The number of esters is 1. The van der Waals surface area contributed by atoms with Crippen molar-refractivity contribution in [1.82, 2.24) is 4.98 Å². The second-order valence-corrected chi connectivity index (χ2v) is 6.42. The van der Waals surface area contributed by atoms with E-state index in [4.69, 9.17) is 4.74 Å². The van der Waals surface area contributed by atoms with Crippen LogP contribution in [0.2, 0.25) is 0 Å². The number of carbonyl (C=O) groups is 1. The molecule has 0 saturated carbocycles. The van der Waals surface area contributed by atoms with Crippen LogP contribution in [0.15, 0.2) is 5.38 Å². The Hall–Kier alpha value is -1.10. The Balaban J connectivity index is 2.81. The van der Waals surface area contributed by atoms with E-state index in [2.05, 4.69) is 31.1 Å². The number of thiazole rings is 1. The molecule has 0 fully saturated rings. The van der Waals surface area contributed by atoms with Crippen LogP contribution >= 0.6 is 11.3 Å². The van der Waals surface area contributed by atoms with Gasteiger partial charge in [-0.15, -0.1) is 11.3 Å². The zero-order chi connectivity index (χ0) is 14.6. The number of nitrogens with one attached hydrogen (secondary N) is 1. The summed E-state index contributed by atoms with van der Waals surface area (Å²) in [6.45, 7) is 12.3. The lowest BCUT2D eigenvalue weighted by Gasteiger charge is -2.20. The molecule has 1 rings (SSSR count). The molecule has 0 bridgehead atoms. The molecule has 1 aromatic rings. The summed E-state index contributed by atoms with van der Waals surface area (Å²) < 4.78 is 5.09. The lowest BCUT2D eigenvalue weighted by molar-refractivity contribution is -0.148. The first-order valence-corrected chi connectivity index (χ1v) is 7.56. The van der Waals surface area contributed by atoms with Gasteiger partial charge in [0.1, 0.15) is 5.41 Å². The number of anilines is 1. The second-order valence-electron chi connectivity index (χ2n) is 5.56. The Morgan fingerprint density at radius 3 is 2.63 bits per heavy atom. The number of carbonyl (C=O) groups excluding carboxylic acids is 1. The van der Waals surface area contributed by atoms with Gasteiger partial charge in [-0.05, 0) is 33.6 Å². The monoisotopic (exact) mass is 284 g/mol. The summed E-state index contributed by atoms with van der Waals surface area (Å²) >= 11 is 1.53. The highest BCUT2D eigenvalue weighted by Crippen LogP contribution is 2.29. The summed E-state index contributed by atoms with van der Waals surface area (Å²) in [5.74, 6) is 0.300. The summed E-state index contributed by atoms with van der Waals surface area (Å²) in [5, 5.41) is 6.14. The molecule has 1 N–H and O–H groups in total. The highest BCUT2D eigenvalue weighted by molar-refractivity contribution is 7.13. The van der Waals surface area contributed by atoms with Crippen LogP contribution in [-0.2, 0) is 14.9 Å². The third kappa shape index (κ3) is 3.93. The summed E-state index contributed by atoms with van der Waals surface area (Å²) in [6, 6.07) is 0.352. The molecule has 0 radical (unpaired) electrons. The van der Waals surface area contributed by atoms with Crippen molar-refractivity contribution in [2.24, 2.45) is 5.92 Å². The van der Waals surface area contributed by atoms with Gasteiger partial charge in [-0.2, -0.15) is 0 Å². The van der Waals surface area contributed by atoms with Crippen LogP contribution in [0.4, 0.5) is 5.13 Å². The van der Waals surface area contributed by atoms with Gasteiger partial charge in [0.2, 0.25) is 0 Å². The SMILES string of the molecule is CCOC(=O)C(C)(C)c1csc(NC(C)C(C)C)n1. The minimum absolute atomic E-state index is 0.233. The number of nitrogens with zero attached hydrogens (tertiary/aromatic N) is 1. The zero-order valence-electron chi connectivity index (χ0n) is 12.6. The topological polar surface area (TPSA) is 51.2 Å². The van der Waals surface area contributed by atoms with Crippen molar-refractivity contribution in [3.05, 3.63) is 11.1 Å². The first-order valence-electron chi connectivity index (χ1n) is 6.68. The molecular weight excluding hydrogens is 260 g/mol. The minimum Gasteiger partial charge on any atom is -0.465 e. The Bertz CT molecular complexity index is 427. The van der Waals surface area contributed by atoms with Gasteiger partial charge in [-0.1, -0.05) is 13.8 Å². The van der Waals surface area contributed by atoms with Gasteiger partial charge in [0.05, 0.1) is 12.3 Å². The maximum Gasteiger partial charge on any atom is 0.317 e. The standard InChI is InChI=1S/C14H24N2O2S/c1-7-18-12(17)14(5,6)11-8-19-13(16-11)15-10(4)9(2)3/h8-10H,7H2,1-6H3,(H,15,16). The molecule has 0 aliphatic heterocycles. The Kier molecular flexibility index (Phi) is 5.35.